The van der Waals surface area contributed by atoms with Crippen LogP contribution in [0.5, 0.6) is 0 Å². The first kappa shape index (κ1) is 16.0. The Kier molecular flexibility index (Phi) is 6.86. The average molecular weight is 238 g/mol. The summed E-state index contributed by atoms with van der Waals surface area (Å²) in [7, 11) is 0. The van der Waals surface area contributed by atoms with Gasteiger partial charge in [-0.05, 0) is 45.6 Å². The van der Waals surface area contributed by atoms with Crippen molar-refractivity contribution in [2.24, 2.45) is 5.92 Å². The highest BCUT2D eigenvalue weighted by molar-refractivity contribution is 5.70. The van der Waals surface area contributed by atoms with Crippen LogP contribution in [-0.2, 0) is 9.53 Å². The van der Waals surface area contributed by atoms with Crippen LogP contribution in [0, 0.1) is 5.92 Å². The molecule has 0 aliphatic heterocycles. The van der Waals surface area contributed by atoms with Crippen molar-refractivity contribution in [3.8, 4) is 0 Å². The van der Waals surface area contributed by atoms with Crippen LogP contribution in [0.1, 0.15) is 53.9 Å². The standard InChI is InChI=1S/C15H26O2/c1-7-9-14(16)17-15(6,8-2)11-13(5)10-12(3)4/h8,10,13H,2,7,9,11H2,1,3-6H3. The molecular weight excluding hydrogens is 212 g/mol. The molecule has 0 heterocycles. The van der Waals surface area contributed by atoms with E-state index in [1.807, 2.05) is 13.8 Å². The molecule has 0 aromatic carbocycles. The van der Waals surface area contributed by atoms with Gasteiger partial charge in [0.2, 0.25) is 0 Å². The largest absolute Gasteiger partial charge is 0.455 e. The van der Waals surface area contributed by atoms with Gasteiger partial charge in [0.15, 0.2) is 0 Å². The summed E-state index contributed by atoms with van der Waals surface area (Å²) in [4.78, 5) is 11.5. The van der Waals surface area contributed by atoms with Gasteiger partial charge in [-0.1, -0.05) is 32.1 Å². The fourth-order valence-corrected chi connectivity index (χ4v) is 1.95. The lowest BCUT2D eigenvalue weighted by atomic mass is 9.91. The van der Waals surface area contributed by atoms with Crippen molar-refractivity contribution in [1.82, 2.24) is 0 Å². The van der Waals surface area contributed by atoms with Crippen molar-refractivity contribution in [3.63, 3.8) is 0 Å². The highest BCUT2D eigenvalue weighted by atomic mass is 16.6. The van der Waals surface area contributed by atoms with Crippen LogP contribution >= 0.6 is 0 Å². The maximum Gasteiger partial charge on any atom is 0.306 e. The van der Waals surface area contributed by atoms with Crippen molar-refractivity contribution in [2.45, 2.75) is 59.5 Å². The molecule has 17 heavy (non-hydrogen) atoms. The number of rotatable bonds is 7. The molecule has 0 spiro atoms. The van der Waals surface area contributed by atoms with Crippen LogP contribution in [0.2, 0.25) is 0 Å². The van der Waals surface area contributed by atoms with Gasteiger partial charge >= 0.3 is 5.97 Å². The fraction of sp³-hybridized carbons (Fsp3) is 0.667. The Balaban J connectivity index is 4.52. The summed E-state index contributed by atoms with van der Waals surface area (Å²) in [5, 5.41) is 0. The minimum Gasteiger partial charge on any atom is -0.455 e. The predicted octanol–water partition coefficient (Wildman–Crippen LogP) is 4.27. The summed E-state index contributed by atoms with van der Waals surface area (Å²) in [6.45, 7) is 13.9. The summed E-state index contributed by atoms with van der Waals surface area (Å²) in [6, 6.07) is 0. The average Bonchev–Trinajstić information content (AvgIpc) is 2.15. The molecule has 0 saturated heterocycles. The lowest BCUT2D eigenvalue weighted by Gasteiger charge is -2.28. The summed E-state index contributed by atoms with van der Waals surface area (Å²) in [5.74, 6) is 0.233. The topological polar surface area (TPSA) is 26.3 Å². The molecule has 0 saturated carbocycles. The van der Waals surface area contributed by atoms with Crippen molar-refractivity contribution in [3.05, 3.63) is 24.3 Å². The maximum atomic E-state index is 11.5. The van der Waals surface area contributed by atoms with Gasteiger partial charge in [-0.25, -0.2) is 0 Å². The Morgan fingerprint density at radius 1 is 1.47 bits per heavy atom. The number of hydrogen-bond acceptors (Lipinski definition) is 2. The molecule has 0 bridgehead atoms. The number of carbonyl (C=O) groups excluding carboxylic acids is 1. The van der Waals surface area contributed by atoms with Crippen LogP contribution in [-0.4, -0.2) is 11.6 Å². The van der Waals surface area contributed by atoms with E-state index in [2.05, 4.69) is 33.4 Å². The van der Waals surface area contributed by atoms with Gasteiger partial charge in [0.05, 0.1) is 0 Å². The summed E-state index contributed by atoms with van der Waals surface area (Å²) in [6.07, 6.45) is 5.98. The molecule has 0 rings (SSSR count). The maximum absolute atomic E-state index is 11.5. The first-order valence-electron chi connectivity index (χ1n) is 6.33. The summed E-state index contributed by atoms with van der Waals surface area (Å²) >= 11 is 0. The Morgan fingerprint density at radius 2 is 2.06 bits per heavy atom. The van der Waals surface area contributed by atoms with Crippen molar-refractivity contribution in [1.29, 1.82) is 0 Å². The van der Waals surface area contributed by atoms with Crippen LogP contribution in [0.3, 0.4) is 0 Å². The molecule has 0 fully saturated rings. The molecule has 0 aliphatic carbocycles. The van der Waals surface area contributed by atoms with E-state index in [1.54, 1.807) is 6.08 Å². The van der Waals surface area contributed by atoms with Gasteiger partial charge in [0.25, 0.3) is 0 Å². The van der Waals surface area contributed by atoms with E-state index in [9.17, 15) is 4.79 Å². The zero-order valence-electron chi connectivity index (χ0n) is 11.9. The predicted molar refractivity (Wildman–Crippen MR) is 72.8 cm³/mol. The van der Waals surface area contributed by atoms with Gasteiger partial charge in [0, 0.05) is 6.42 Å². The van der Waals surface area contributed by atoms with Gasteiger partial charge in [-0.3, -0.25) is 4.79 Å². The molecule has 2 nitrogen and oxygen atoms in total. The van der Waals surface area contributed by atoms with Crippen molar-refractivity contribution >= 4 is 5.97 Å². The monoisotopic (exact) mass is 238 g/mol. The highest BCUT2D eigenvalue weighted by Gasteiger charge is 2.26. The van der Waals surface area contributed by atoms with E-state index in [-0.39, 0.29) is 5.97 Å². The van der Waals surface area contributed by atoms with Gasteiger partial charge in [-0.2, -0.15) is 0 Å². The molecule has 0 amide bonds. The Hall–Kier alpha value is -1.05. The number of carbonyl (C=O) groups is 1. The number of hydrogen-bond donors (Lipinski definition) is 0. The Bertz CT molecular complexity index is 287. The van der Waals surface area contributed by atoms with E-state index in [4.69, 9.17) is 4.74 Å². The Morgan fingerprint density at radius 3 is 2.47 bits per heavy atom. The summed E-state index contributed by atoms with van der Waals surface area (Å²) < 4.78 is 5.49. The Labute approximate surface area is 106 Å². The minimum absolute atomic E-state index is 0.140. The van der Waals surface area contributed by atoms with E-state index in [0.717, 1.165) is 12.8 Å². The zero-order valence-corrected chi connectivity index (χ0v) is 11.9. The lowest BCUT2D eigenvalue weighted by molar-refractivity contribution is -0.154. The minimum atomic E-state index is -0.558. The van der Waals surface area contributed by atoms with Gasteiger partial charge < -0.3 is 4.74 Å². The van der Waals surface area contributed by atoms with Crippen LogP contribution in [0.25, 0.3) is 0 Å². The first-order valence-corrected chi connectivity index (χ1v) is 6.33. The second-order valence-corrected chi connectivity index (χ2v) is 5.17. The molecule has 0 aromatic rings. The zero-order chi connectivity index (χ0) is 13.5. The van der Waals surface area contributed by atoms with E-state index in [0.29, 0.717) is 12.3 Å². The van der Waals surface area contributed by atoms with E-state index in [1.165, 1.54) is 5.57 Å². The van der Waals surface area contributed by atoms with Crippen molar-refractivity contribution in [2.75, 3.05) is 0 Å². The second-order valence-electron chi connectivity index (χ2n) is 5.17. The molecule has 2 unspecified atom stereocenters. The third kappa shape index (κ3) is 6.98. The molecule has 2 heteroatoms. The van der Waals surface area contributed by atoms with E-state index >= 15 is 0 Å². The van der Waals surface area contributed by atoms with Crippen LogP contribution < -0.4 is 0 Å². The number of allylic oxidation sites excluding steroid dienone is 2. The number of esters is 1. The molecule has 2 atom stereocenters. The SMILES string of the molecule is C=CC(C)(CC(C)C=C(C)C)OC(=O)CCC. The third-order valence-corrected chi connectivity index (χ3v) is 2.58. The molecule has 0 aliphatic rings. The van der Waals surface area contributed by atoms with Gasteiger partial charge in [0.1, 0.15) is 5.60 Å². The molecule has 0 N–H and O–H groups in total. The van der Waals surface area contributed by atoms with Crippen LogP contribution in [0.15, 0.2) is 24.3 Å². The van der Waals surface area contributed by atoms with Crippen LogP contribution in [0.4, 0.5) is 0 Å². The smallest absolute Gasteiger partial charge is 0.306 e. The summed E-state index contributed by atoms with van der Waals surface area (Å²) in [5.41, 5.74) is 0.723. The third-order valence-electron chi connectivity index (χ3n) is 2.58. The molecule has 0 aromatic heterocycles. The highest BCUT2D eigenvalue weighted by Crippen LogP contribution is 2.24. The fourth-order valence-electron chi connectivity index (χ4n) is 1.95. The van der Waals surface area contributed by atoms with Gasteiger partial charge in [-0.15, -0.1) is 0 Å². The molecular formula is C15H26O2. The lowest BCUT2D eigenvalue weighted by Crippen LogP contribution is -2.31. The van der Waals surface area contributed by atoms with Crippen molar-refractivity contribution < 1.29 is 9.53 Å². The molecule has 98 valence electrons. The first-order chi connectivity index (χ1) is 7.83. The van der Waals surface area contributed by atoms with E-state index < -0.39 is 5.60 Å². The normalized spacial score (nSPS) is 15.6. The second kappa shape index (κ2) is 7.31. The number of ether oxygens (including phenoxy) is 1. The molecule has 0 radical (unpaired) electrons. The quantitative estimate of drug-likeness (QED) is 0.489.